The molecule has 20 heavy (non-hydrogen) atoms. The maximum atomic E-state index is 12.3. The number of rotatable bonds is 6. The Kier molecular flexibility index (Phi) is 5.86. The van der Waals surface area contributed by atoms with Gasteiger partial charge in [-0.25, -0.2) is 0 Å². The topological polar surface area (TPSA) is 46.3 Å². The molecule has 0 radical (unpaired) electrons. The molecule has 1 unspecified atom stereocenters. The van der Waals surface area contributed by atoms with Crippen LogP contribution in [0.3, 0.4) is 0 Å². The zero-order valence-electron chi connectivity index (χ0n) is 11.9. The number of likely N-dealkylation sites (tertiary alicyclic amines) is 1. The quantitative estimate of drug-likeness (QED) is 0.816. The zero-order chi connectivity index (χ0) is 14.4. The summed E-state index contributed by atoms with van der Waals surface area (Å²) in [5.74, 6) is 0.268. The highest BCUT2D eigenvalue weighted by atomic mass is 35.5. The van der Waals surface area contributed by atoms with Gasteiger partial charge in [-0.05, 0) is 49.9 Å². The number of carbonyl (C=O) groups excluding carboxylic acids is 1. The predicted octanol–water partition coefficient (Wildman–Crippen LogP) is 3.52. The third-order valence-electron chi connectivity index (χ3n) is 3.90. The van der Waals surface area contributed by atoms with Gasteiger partial charge in [-0.15, -0.1) is 0 Å². The Morgan fingerprint density at radius 1 is 1.35 bits per heavy atom. The Bertz CT molecular complexity index is 450. The number of unbranched alkanes of at least 4 members (excludes halogenated alkanes) is 2. The van der Waals surface area contributed by atoms with Crippen LogP contribution in [0.2, 0.25) is 5.02 Å². The Morgan fingerprint density at radius 3 is 2.95 bits per heavy atom. The summed E-state index contributed by atoms with van der Waals surface area (Å²) in [7, 11) is 0. The first-order valence-electron chi connectivity index (χ1n) is 7.47. The van der Waals surface area contributed by atoms with Crippen LogP contribution in [-0.4, -0.2) is 23.9 Å². The van der Waals surface area contributed by atoms with E-state index < -0.39 is 0 Å². The second kappa shape index (κ2) is 7.65. The lowest BCUT2D eigenvalue weighted by Crippen LogP contribution is -2.30. The molecule has 1 heterocycles. The van der Waals surface area contributed by atoms with E-state index >= 15 is 0 Å². The van der Waals surface area contributed by atoms with Crippen molar-refractivity contribution in [2.45, 2.75) is 44.6 Å². The van der Waals surface area contributed by atoms with Crippen molar-refractivity contribution in [3.05, 3.63) is 34.9 Å². The average molecular weight is 295 g/mol. The Morgan fingerprint density at radius 2 is 2.20 bits per heavy atom. The molecule has 2 rings (SSSR count). The van der Waals surface area contributed by atoms with E-state index in [4.69, 9.17) is 17.3 Å². The summed E-state index contributed by atoms with van der Waals surface area (Å²) < 4.78 is 0. The smallest absolute Gasteiger partial charge is 0.223 e. The molecule has 1 fully saturated rings. The molecule has 2 N–H and O–H groups in total. The van der Waals surface area contributed by atoms with Gasteiger partial charge < -0.3 is 10.6 Å². The van der Waals surface area contributed by atoms with E-state index in [0.717, 1.165) is 49.2 Å². The van der Waals surface area contributed by atoms with Crippen LogP contribution in [0.1, 0.15) is 50.1 Å². The molecule has 1 aliphatic heterocycles. The normalized spacial score (nSPS) is 18.5. The highest BCUT2D eigenvalue weighted by molar-refractivity contribution is 6.30. The predicted molar refractivity (Wildman–Crippen MR) is 82.7 cm³/mol. The second-order valence-electron chi connectivity index (χ2n) is 5.40. The Hall–Kier alpha value is -1.06. The van der Waals surface area contributed by atoms with Crippen molar-refractivity contribution in [3.8, 4) is 0 Å². The minimum absolute atomic E-state index is 0.204. The second-order valence-corrected chi connectivity index (χ2v) is 5.84. The zero-order valence-corrected chi connectivity index (χ0v) is 12.6. The van der Waals surface area contributed by atoms with Gasteiger partial charge in [0.15, 0.2) is 0 Å². The van der Waals surface area contributed by atoms with Crippen LogP contribution >= 0.6 is 11.6 Å². The molecule has 0 spiro atoms. The van der Waals surface area contributed by atoms with Crippen LogP contribution in [-0.2, 0) is 4.79 Å². The van der Waals surface area contributed by atoms with E-state index in [9.17, 15) is 4.79 Å². The summed E-state index contributed by atoms with van der Waals surface area (Å²) in [4.78, 5) is 14.4. The number of nitrogens with two attached hydrogens (primary N) is 1. The van der Waals surface area contributed by atoms with Crippen LogP contribution in [0.25, 0.3) is 0 Å². The van der Waals surface area contributed by atoms with Crippen LogP contribution < -0.4 is 5.73 Å². The summed E-state index contributed by atoms with van der Waals surface area (Å²) in [5.41, 5.74) is 6.63. The third kappa shape index (κ3) is 3.97. The van der Waals surface area contributed by atoms with Gasteiger partial charge in [-0.2, -0.15) is 0 Å². The maximum Gasteiger partial charge on any atom is 0.223 e. The van der Waals surface area contributed by atoms with Gasteiger partial charge in [-0.1, -0.05) is 30.2 Å². The molecule has 0 aromatic heterocycles. The SMILES string of the molecule is NCCCCCC(=O)N1CCCC1c1cccc(Cl)c1. The molecule has 3 nitrogen and oxygen atoms in total. The Labute approximate surface area is 126 Å². The highest BCUT2D eigenvalue weighted by Crippen LogP contribution is 2.33. The fourth-order valence-electron chi connectivity index (χ4n) is 2.87. The monoisotopic (exact) mass is 294 g/mol. The lowest BCUT2D eigenvalue weighted by Gasteiger charge is -2.25. The van der Waals surface area contributed by atoms with E-state index in [1.54, 1.807) is 0 Å². The molecule has 1 aromatic carbocycles. The molecule has 1 aromatic rings. The first kappa shape index (κ1) is 15.3. The first-order chi connectivity index (χ1) is 9.72. The molecular formula is C16H23ClN2O. The van der Waals surface area contributed by atoms with E-state index in [2.05, 4.69) is 6.07 Å². The van der Waals surface area contributed by atoms with Gasteiger partial charge in [0.05, 0.1) is 6.04 Å². The number of amides is 1. The fourth-order valence-corrected chi connectivity index (χ4v) is 3.07. The number of halogens is 1. The van der Waals surface area contributed by atoms with Crippen LogP contribution in [0, 0.1) is 0 Å². The summed E-state index contributed by atoms with van der Waals surface area (Å²) in [5, 5.41) is 0.741. The molecule has 110 valence electrons. The number of carbonyl (C=O) groups is 1. The maximum absolute atomic E-state index is 12.3. The van der Waals surface area contributed by atoms with E-state index in [1.165, 1.54) is 0 Å². The van der Waals surface area contributed by atoms with Gasteiger partial charge in [0.25, 0.3) is 0 Å². The molecular weight excluding hydrogens is 272 g/mol. The third-order valence-corrected chi connectivity index (χ3v) is 4.14. The van der Waals surface area contributed by atoms with Crippen molar-refractivity contribution in [2.75, 3.05) is 13.1 Å². The number of hydrogen-bond acceptors (Lipinski definition) is 2. The summed E-state index contributed by atoms with van der Waals surface area (Å²) in [6.07, 6.45) is 5.73. The van der Waals surface area contributed by atoms with E-state index in [1.807, 2.05) is 23.1 Å². The highest BCUT2D eigenvalue weighted by Gasteiger charge is 2.29. The number of benzene rings is 1. The summed E-state index contributed by atoms with van der Waals surface area (Å²) in [6.45, 7) is 1.58. The van der Waals surface area contributed by atoms with Crippen molar-refractivity contribution in [1.82, 2.24) is 4.90 Å². The van der Waals surface area contributed by atoms with E-state index in [0.29, 0.717) is 13.0 Å². The van der Waals surface area contributed by atoms with Crippen molar-refractivity contribution in [3.63, 3.8) is 0 Å². The van der Waals surface area contributed by atoms with Crippen molar-refractivity contribution in [2.24, 2.45) is 5.73 Å². The van der Waals surface area contributed by atoms with Gasteiger partial charge in [0.2, 0.25) is 5.91 Å². The molecule has 4 heteroatoms. The molecule has 0 bridgehead atoms. The Balaban J connectivity index is 1.95. The van der Waals surface area contributed by atoms with Gasteiger partial charge in [0, 0.05) is 18.0 Å². The van der Waals surface area contributed by atoms with Crippen molar-refractivity contribution in [1.29, 1.82) is 0 Å². The summed E-state index contributed by atoms with van der Waals surface area (Å²) in [6, 6.07) is 8.08. The van der Waals surface area contributed by atoms with E-state index in [-0.39, 0.29) is 11.9 Å². The minimum atomic E-state index is 0.204. The largest absolute Gasteiger partial charge is 0.336 e. The molecule has 0 saturated carbocycles. The lowest BCUT2D eigenvalue weighted by molar-refractivity contribution is -0.132. The van der Waals surface area contributed by atoms with Crippen LogP contribution in [0.4, 0.5) is 0 Å². The first-order valence-corrected chi connectivity index (χ1v) is 7.85. The number of hydrogen-bond donors (Lipinski definition) is 1. The van der Waals surface area contributed by atoms with Crippen LogP contribution in [0.15, 0.2) is 24.3 Å². The summed E-state index contributed by atoms with van der Waals surface area (Å²) >= 11 is 6.05. The lowest BCUT2D eigenvalue weighted by atomic mass is 10.0. The fraction of sp³-hybridized carbons (Fsp3) is 0.562. The number of nitrogens with zero attached hydrogens (tertiary/aromatic N) is 1. The molecule has 1 aliphatic rings. The molecule has 1 amide bonds. The van der Waals surface area contributed by atoms with Gasteiger partial charge in [-0.3, -0.25) is 4.79 Å². The van der Waals surface area contributed by atoms with Crippen LogP contribution in [0.5, 0.6) is 0 Å². The molecule has 1 atom stereocenters. The standard InChI is InChI=1S/C16H23ClN2O/c17-14-7-4-6-13(12-14)15-8-5-11-19(15)16(20)9-2-1-3-10-18/h4,6-7,12,15H,1-3,5,8-11,18H2. The minimum Gasteiger partial charge on any atom is -0.336 e. The van der Waals surface area contributed by atoms with Gasteiger partial charge >= 0.3 is 0 Å². The van der Waals surface area contributed by atoms with Crippen molar-refractivity contribution < 1.29 is 4.79 Å². The molecule has 0 aliphatic carbocycles. The average Bonchev–Trinajstić information content (AvgIpc) is 2.93. The molecule has 1 saturated heterocycles. The van der Waals surface area contributed by atoms with Gasteiger partial charge in [0.1, 0.15) is 0 Å². The van der Waals surface area contributed by atoms with Crippen molar-refractivity contribution >= 4 is 17.5 Å².